The van der Waals surface area contributed by atoms with Gasteiger partial charge in [0.1, 0.15) is 0 Å². The number of amides is 1. The summed E-state index contributed by atoms with van der Waals surface area (Å²) >= 11 is 0. The molecule has 1 aromatic heterocycles. The lowest BCUT2D eigenvalue weighted by atomic mass is 10.1. The van der Waals surface area contributed by atoms with Gasteiger partial charge in [-0.3, -0.25) is 9.59 Å². The van der Waals surface area contributed by atoms with Crippen LogP contribution in [0.15, 0.2) is 30.5 Å². The van der Waals surface area contributed by atoms with Crippen molar-refractivity contribution in [2.75, 3.05) is 11.4 Å². The van der Waals surface area contributed by atoms with Crippen molar-refractivity contribution in [3.05, 3.63) is 41.7 Å². The monoisotopic (exact) mass is 274 g/mol. The van der Waals surface area contributed by atoms with Gasteiger partial charge in [-0.2, -0.15) is 15.4 Å². The van der Waals surface area contributed by atoms with Crippen molar-refractivity contribution in [2.24, 2.45) is 0 Å². The summed E-state index contributed by atoms with van der Waals surface area (Å²) < 4.78 is 0. The second-order valence-corrected chi connectivity index (χ2v) is 4.24. The minimum atomic E-state index is -0.962. The highest BCUT2D eigenvalue weighted by Gasteiger charge is 2.21. The molecule has 1 aromatic carbocycles. The molecule has 0 spiro atoms. The Balaban J connectivity index is 2.32. The Morgan fingerprint density at radius 3 is 2.70 bits per heavy atom. The van der Waals surface area contributed by atoms with Gasteiger partial charge >= 0.3 is 5.97 Å². The number of nitrogens with one attached hydrogen (secondary N) is 1. The van der Waals surface area contributed by atoms with Gasteiger partial charge in [0.15, 0.2) is 5.69 Å². The minimum absolute atomic E-state index is 0.0753. The number of aromatic nitrogens is 3. The number of aromatic amines is 1. The molecule has 2 aromatic rings. The molecule has 0 unspecified atom stereocenters. The van der Waals surface area contributed by atoms with E-state index >= 15 is 0 Å². The maximum atomic E-state index is 12.4. The van der Waals surface area contributed by atoms with Crippen molar-refractivity contribution in [3.63, 3.8) is 0 Å². The number of H-pyrrole nitrogens is 1. The second kappa shape index (κ2) is 5.96. The molecule has 0 saturated carbocycles. The van der Waals surface area contributed by atoms with Gasteiger partial charge in [-0.1, -0.05) is 18.2 Å². The van der Waals surface area contributed by atoms with Gasteiger partial charge in [0.05, 0.1) is 12.6 Å². The molecular formula is C13H14N4O3. The number of benzene rings is 1. The number of aliphatic carboxylic acids is 1. The highest BCUT2D eigenvalue weighted by molar-refractivity contribution is 6.05. The fraction of sp³-hybridized carbons (Fsp3) is 0.231. The van der Waals surface area contributed by atoms with Crippen LogP contribution in [0.25, 0.3) is 0 Å². The van der Waals surface area contributed by atoms with Crippen LogP contribution in [0.4, 0.5) is 5.69 Å². The number of carbonyl (C=O) groups is 2. The quantitative estimate of drug-likeness (QED) is 0.854. The van der Waals surface area contributed by atoms with E-state index in [0.717, 1.165) is 5.56 Å². The van der Waals surface area contributed by atoms with Gasteiger partial charge in [0.2, 0.25) is 0 Å². The maximum Gasteiger partial charge on any atom is 0.305 e. The molecule has 0 aliphatic rings. The lowest BCUT2D eigenvalue weighted by Crippen LogP contribution is -2.33. The van der Waals surface area contributed by atoms with E-state index in [-0.39, 0.29) is 24.6 Å². The van der Waals surface area contributed by atoms with Gasteiger partial charge in [0, 0.05) is 12.2 Å². The molecule has 0 aliphatic heterocycles. The summed E-state index contributed by atoms with van der Waals surface area (Å²) in [4.78, 5) is 24.5. The topological polar surface area (TPSA) is 99.2 Å². The van der Waals surface area contributed by atoms with E-state index in [1.807, 2.05) is 19.1 Å². The Labute approximate surface area is 115 Å². The summed E-state index contributed by atoms with van der Waals surface area (Å²) in [7, 11) is 0. The number of anilines is 1. The molecule has 0 bridgehead atoms. The lowest BCUT2D eigenvalue weighted by molar-refractivity contribution is -0.136. The number of hydrogen-bond acceptors (Lipinski definition) is 4. The third-order valence-corrected chi connectivity index (χ3v) is 2.83. The number of carbonyl (C=O) groups excluding carboxylic acids is 1. The number of hydrogen-bond donors (Lipinski definition) is 2. The van der Waals surface area contributed by atoms with Crippen LogP contribution in [-0.2, 0) is 4.79 Å². The van der Waals surface area contributed by atoms with Crippen molar-refractivity contribution in [3.8, 4) is 0 Å². The zero-order valence-electron chi connectivity index (χ0n) is 10.9. The van der Waals surface area contributed by atoms with Crippen molar-refractivity contribution in [1.29, 1.82) is 0 Å². The first-order chi connectivity index (χ1) is 9.59. The average Bonchev–Trinajstić information content (AvgIpc) is 2.94. The first-order valence-corrected chi connectivity index (χ1v) is 6.04. The summed E-state index contributed by atoms with van der Waals surface area (Å²) in [5.74, 6) is -1.34. The molecular weight excluding hydrogens is 260 g/mol. The van der Waals surface area contributed by atoms with E-state index < -0.39 is 5.97 Å². The highest BCUT2D eigenvalue weighted by atomic mass is 16.4. The number of rotatable bonds is 5. The Morgan fingerprint density at radius 1 is 1.35 bits per heavy atom. The van der Waals surface area contributed by atoms with E-state index in [2.05, 4.69) is 15.4 Å². The van der Waals surface area contributed by atoms with Crippen LogP contribution in [-0.4, -0.2) is 38.9 Å². The summed E-state index contributed by atoms with van der Waals surface area (Å²) in [6.07, 6.45) is 1.17. The molecule has 0 radical (unpaired) electrons. The number of aryl methyl sites for hydroxylation is 1. The van der Waals surface area contributed by atoms with E-state index in [0.29, 0.717) is 5.69 Å². The van der Waals surface area contributed by atoms with Crippen LogP contribution in [0.5, 0.6) is 0 Å². The number of nitrogens with zero attached hydrogens (tertiary/aromatic N) is 3. The minimum Gasteiger partial charge on any atom is -0.481 e. The maximum absolute atomic E-state index is 12.4. The number of para-hydroxylation sites is 1. The van der Waals surface area contributed by atoms with Crippen molar-refractivity contribution in [2.45, 2.75) is 13.3 Å². The zero-order chi connectivity index (χ0) is 14.5. The van der Waals surface area contributed by atoms with Crippen LogP contribution in [0.3, 0.4) is 0 Å². The molecule has 20 heavy (non-hydrogen) atoms. The molecule has 2 rings (SSSR count). The summed E-state index contributed by atoms with van der Waals surface area (Å²) in [5.41, 5.74) is 1.70. The molecule has 1 amide bonds. The Kier molecular flexibility index (Phi) is 4.09. The smallest absolute Gasteiger partial charge is 0.305 e. The molecule has 0 aliphatic carbocycles. The van der Waals surface area contributed by atoms with Crippen molar-refractivity contribution >= 4 is 17.6 Å². The SMILES string of the molecule is Cc1ccccc1N(CCC(=O)O)C(=O)c1cn[nH]n1. The van der Waals surface area contributed by atoms with Gasteiger partial charge in [-0.05, 0) is 18.6 Å². The zero-order valence-corrected chi connectivity index (χ0v) is 10.9. The lowest BCUT2D eigenvalue weighted by Gasteiger charge is -2.22. The van der Waals surface area contributed by atoms with Crippen LogP contribution >= 0.6 is 0 Å². The van der Waals surface area contributed by atoms with Crippen LogP contribution in [0, 0.1) is 6.92 Å². The standard InChI is InChI=1S/C13H14N4O3/c1-9-4-2-3-5-11(9)17(7-6-12(18)19)13(20)10-8-14-16-15-10/h2-5,8H,6-7H2,1H3,(H,18,19)(H,14,15,16). The van der Waals surface area contributed by atoms with Crippen molar-refractivity contribution < 1.29 is 14.7 Å². The van der Waals surface area contributed by atoms with Crippen LogP contribution < -0.4 is 4.90 Å². The third kappa shape index (κ3) is 3.00. The number of carboxylic acids is 1. The van der Waals surface area contributed by atoms with Crippen LogP contribution in [0.1, 0.15) is 22.5 Å². The summed E-state index contributed by atoms with van der Waals surface area (Å²) in [5, 5.41) is 18.5. The fourth-order valence-electron chi connectivity index (χ4n) is 1.85. The molecule has 2 N–H and O–H groups in total. The molecule has 7 nitrogen and oxygen atoms in total. The normalized spacial score (nSPS) is 10.2. The molecule has 1 heterocycles. The average molecular weight is 274 g/mol. The number of carboxylic acid groups (broad SMARTS) is 1. The summed E-state index contributed by atoms with van der Waals surface area (Å²) in [6, 6.07) is 7.29. The van der Waals surface area contributed by atoms with Gasteiger partial charge in [-0.25, -0.2) is 0 Å². The van der Waals surface area contributed by atoms with E-state index in [1.54, 1.807) is 12.1 Å². The van der Waals surface area contributed by atoms with Gasteiger partial charge in [-0.15, -0.1) is 0 Å². The molecule has 0 saturated heterocycles. The summed E-state index contributed by atoms with van der Waals surface area (Å²) in [6.45, 7) is 1.94. The van der Waals surface area contributed by atoms with E-state index in [1.165, 1.54) is 11.1 Å². The predicted octanol–water partition coefficient (Wildman–Crippen LogP) is 1.23. The molecule has 0 fully saturated rings. The largest absolute Gasteiger partial charge is 0.481 e. The molecule has 104 valence electrons. The van der Waals surface area contributed by atoms with Gasteiger partial charge < -0.3 is 10.0 Å². The fourth-order valence-corrected chi connectivity index (χ4v) is 1.85. The first-order valence-electron chi connectivity index (χ1n) is 6.04. The molecule has 7 heteroatoms. The highest BCUT2D eigenvalue weighted by Crippen LogP contribution is 2.21. The van der Waals surface area contributed by atoms with E-state index in [9.17, 15) is 9.59 Å². The Morgan fingerprint density at radius 2 is 2.10 bits per heavy atom. The predicted molar refractivity (Wildman–Crippen MR) is 71.5 cm³/mol. The Bertz CT molecular complexity index is 610. The Hall–Kier alpha value is -2.70. The van der Waals surface area contributed by atoms with Crippen molar-refractivity contribution in [1.82, 2.24) is 15.4 Å². The molecule has 0 atom stereocenters. The van der Waals surface area contributed by atoms with E-state index in [4.69, 9.17) is 5.11 Å². The van der Waals surface area contributed by atoms with Crippen LogP contribution in [0.2, 0.25) is 0 Å². The van der Waals surface area contributed by atoms with Gasteiger partial charge in [0.25, 0.3) is 5.91 Å². The second-order valence-electron chi connectivity index (χ2n) is 4.24. The first kappa shape index (κ1) is 13.7. The third-order valence-electron chi connectivity index (χ3n) is 2.83.